The summed E-state index contributed by atoms with van der Waals surface area (Å²) >= 11 is 1.50. The Labute approximate surface area is 135 Å². The monoisotopic (exact) mass is 340 g/mol. The van der Waals surface area contributed by atoms with Gasteiger partial charge in [-0.15, -0.1) is 11.8 Å². The third-order valence-electron chi connectivity index (χ3n) is 4.17. The largest absolute Gasteiger partial charge is 0.341 e. The van der Waals surface area contributed by atoms with Crippen molar-refractivity contribution in [1.29, 1.82) is 0 Å². The van der Waals surface area contributed by atoms with Gasteiger partial charge in [-0.25, -0.2) is 8.42 Å². The molecule has 0 unspecified atom stereocenters. The van der Waals surface area contributed by atoms with Gasteiger partial charge in [-0.05, 0) is 31.9 Å². The number of hydrogen-bond acceptors (Lipinski definition) is 4. The highest BCUT2D eigenvalue weighted by molar-refractivity contribution is 8.00. The van der Waals surface area contributed by atoms with Gasteiger partial charge in [0.15, 0.2) is 0 Å². The van der Waals surface area contributed by atoms with Crippen LogP contribution in [0.4, 0.5) is 0 Å². The Kier molecular flexibility index (Phi) is 4.47. The highest BCUT2D eigenvalue weighted by atomic mass is 32.2. The Hall–Kier alpha value is -1.05. The lowest BCUT2D eigenvalue weighted by atomic mass is 10.2. The lowest BCUT2D eigenvalue weighted by Crippen LogP contribution is -2.48. The molecule has 2 fully saturated rings. The minimum atomic E-state index is -3.61. The SMILES string of the molecule is Cc1ccc(S(=O)(=O)N2CSC[C@@H]2C(=O)N2CCCC2)cc1. The summed E-state index contributed by atoms with van der Waals surface area (Å²) in [6.07, 6.45) is 2.02. The first-order valence-electron chi connectivity index (χ1n) is 7.45. The van der Waals surface area contributed by atoms with Gasteiger partial charge in [-0.2, -0.15) is 4.31 Å². The summed E-state index contributed by atoms with van der Waals surface area (Å²) in [5.74, 6) is 0.846. The van der Waals surface area contributed by atoms with Crippen LogP contribution in [0, 0.1) is 6.92 Å². The van der Waals surface area contributed by atoms with Crippen LogP contribution in [0.5, 0.6) is 0 Å². The van der Waals surface area contributed by atoms with Gasteiger partial charge in [0, 0.05) is 18.8 Å². The number of carbonyl (C=O) groups is 1. The average molecular weight is 340 g/mol. The number of amides is 1. The molecule has 0 radical (unpaired) electrons. The second kappa shape index (κ2) is 6.22. The number of carbonyl (C=O) groups excluding carboxylic acids is 1. The van der Waals surface area contributed by atoms with Crippen LogP contribution in [0.25, 0.3) is 0 Å². The minimum absolute atomic E-state index is 0.0433. The Bertz CT molecular complexity index is 652. The first-order chi connectivity index (χ1) is 10.5. The average Bonchev–Trinajstić information content (AvgIpc) is 3.19. The molecule has 0 aromatic heterocycles. The van der Waals surface area contributed by atoms with Crippen LogP contribution in [-0.4, -0.2) is 54.3 Å². The summed E-state index contributed by atoms with van der Waals surface area (Å²) in [6.45, 7) is 3.42. The number of likely N-dealkylation sites (tertiary alicyclic amines) is 1. The van der Waals surface area contributed by atoms with Crippen molar-refractivity contribution in [1.82, 2.24) is 9.21 Å². The summed E-state index contributed by atoms with van der Waals surface area (Å²) in [7, 11) is -3.61. The molecule has 120 valence electrons. The Morgan fingerprint density at radius 2 is 1.82 bits per heavy atom. The fourth-order valence-electron chi connectivity index (χ4n) is 2.85. The van der Waals surface area contributed by atoms with Crippen LogP contribution < -0.4 is 0 Å². The maximum Gasteiger partial charge on any atom is 0.244 e. The van der Waals surface area contributed by atoms with Crippen molar-refractivity contribution in [2.75, 3.05) is 24.7 Å². The zero-order chi connectivity index (χ0) is 15.7. The van der Waals surface area contributed by atoms with Crippen LogP contribution >= 0.6 is 11.8 Å². The van der Waals surface area contributed by atoms with E-state index in [-0.39, 0.29) is 10.8 Å². The van der Waals surface area contributed by atoms with Gasteiger partial charge in [0.2, 0.25) is 15.9 Å². The van der Waals surface area contributed by atoms with E-state index >= 15 is 0 Å². The molecule has 3 rings (SSSR count). The van der Waals surface area contributed by atoms with Gasteiger partial charge in [0.1, 0.15) is 6.04 Å². The summed E-state index contributed by atoms with van der Waals surface area (Å²) in [5, 5.41) is 0. The van der Waals surface area contributed by atoms with Crippen LogP contribution in [0.2, 0.25) is 0 Å². The van der Waals surface area contributed by atoms with Gasteiger partial charge in [0.25, 0.3) is 0 Å². The van der Waals surface area contributed by atoms with Crippen molar-refractivity contribution >= 4 is 27.7 Å². The number of thioether (sulfide) groups is 1. The summed E-state index contributed by atoms with van der Waals surface area (Å²) < 4.78 is 27.0. The third kappa shape index (κ3) is 2.89. The number of rotatable bonds is 3. The van der Waals surface area contributed by atoms with Crippen LogP contribution in [0.3, 0.4) is 0 Å². The van der Waals surface area contributed by atoms with Gasteiger partial charge < -0.3 is 4.90 Å². The second-order valence-electron chi connectivity index (χ2n) is 5.75. The summed E-state index contributed by atoms with van der Waals surface area (Å²) in [6, 6.07) is 6.24. The summed E-state index contributed by atoms with van der Waals surface area (Å²) in [5.41, 5.74) is 1.01. The maximum atomic E-state index is 12.8. The molecule has 1 aromatic rings. The van der Waals surface area contributed by atoms with E-state index in [4.69, 9.17) is 0 Å². The van der Waals surface area contributed by atoms with Crippen LogP contribution in [-0.2, 0) is 14.8 Å². The Morgan fingerprint density at radius 1 is 1.18 bits per heavy atom. The molecule has 2 saturated heterocycles. The van der Waals surface area contributed by atoms with Gasteiger partial charge in [0.05, 0.1) is 10.8 Å². The number of aryl methyl sites for hydroxylation is 1. The third-order valence-corrected chi connectivity index (χ3v) is 7.22. The zero-order valence-corrected chi connectivity index (χ0v) is 14.2. The van der Waals surface area contributed by atoms with Crippen LogP contribution in [0.1, 0.15) is 18.4 Å². The molecule has 0 saturated carbocycles. The molecular formula is C15H20N2O3S2. The molecule has 2 aliphatic rings. The minimum Gasteiger partial charge on any atom is -0.341 e. The highest BCUT2D eigenvalue weighted by Gasteiger charge is 2.42. The van der Waals surface area contributed by atoms with Crippen molar-refractivity contribution in [3.8, 4) is 0 Å². The van der Waals surface area contributed by atoms with Gasteiger partial charge in [-0.3, -0.25) is 4.79 Å². The van der Waals surface area contributed by atoms with Gasteiger partial charge in [-0.1, -0.05) is 17.7 Å². The predicted octanol–water partition coefficient (Wildman–Crippen LogP) is 1.68. The van der Waals surface area contributed by atoms with Crippen molar-refractivity contribution in [2.24, 2.45) is 0 Å². The number of hydrogen-bond donors (Lipinski definition) is 0. The normalized spacial score (nSPS) is 23.1. The smallest absolute Gasteiger partial charge is 0.244 e. The molecule has 7 heteroatoms. The van der Waals surface area contributed by atoms with E-state index in [9.17, 15) is 13.2 Å². The van der Waals surface area contributed by atoms with E-state index < -0.39 is 16.1 Å². The molecule has 2 aliphatic heterocycles. The van der Waals surface area contributed by atoms with E-state index in [1.807, 2.05) is 6.92 Å². The quantitative estimate of drug-likeness (QED) is 0.840. The molecular weight excluding hydrogens is 320 g/mol. The molecule has 0 bridgehead atoms. The molecule has 0 N–H and O–H groups in total. The van der Waals surface area contributed by atoms with Crippen molar-refractivity contribution < 1.29 is 13.2 Å². The molecule has 22 heavy (non-hydrogen) atoms. The molecule has 2 heterocycles. The maximum absolute atomic E-state index is 12.8. The van der Waals surface area contributed by atoms with E-state index in [2.05, 4.69) is 0 Å². The van der Waals surface area contributed by atoms with Crippen LogP contribution in [0.15, 0.2) is 29.2 Å². The second-order valence-corrected chi connectivity index (χ2v) is 8.64. The first kappa shape index (κ1) is 15.8. The van der Waals surface area contributed by atoms with E-state index in [0.29, 0.717) is 11.6 Å². The Morgan fingerprint density at radius 3 is 2.45 bits per heavy atom. The van der Waals surface area contributed by atoms with Gasteiger partial charge >= 0.3 is 0 Å². The lowest BCUT2D eigenvalue weighted by molar-refractivity contribution is -0.133. The topological polar surface area (TPSA) is 57.7 Å². The molecule has 0 spiro atoms. The molecule has 1 atom stereocenters. The van der Waals surface area contributed by atoms with E-state index in [1.54, 1.807) is 29.2 Å². The van der Waals surface area contributed by atoms with E-state index in [0.717, 1.165) is 31.5 Å². The summed E-state index contributed by atoms with van der Waals surface area (Å²) in [4.78, 5) is 14.7. The highest BCUT2D eigenvalue weighted by Crippen LogP contribution is 2.30. The van der Waals surface area contributed by atoms with Crippen molar-refractivity contribution in [2.45, 2.75) is 30.7 Å². The standard InChI is InChI=1S/C15H20N2O3S2/c1-12-4-6-13(7-5-12)22(19,20)17-11-21-10-14(17)15(18)16-8-2-3-9-16/h4-7,14H,2-3,8-11H2,1H3/t14-/m1/s1. The fraction of sp³-hybridized carbons (Fsp3) is 0.533. The first-order valence-corrected chi connectivity index (χ1v) is 10.0. The lowest BCUT2D eigenvalue weighted by Gasteiger charge is -2.26. The predicted molar refractivity (Wildman–Crippen MR) is 87.1 cm³/mol. The number of benzene rings is 1. The zero-order valence-electron chi connectivity index (χ0n) is 12.6. The number of sulfonamides is 1. The molecule has 1 aromatic carbocycles. The van der Waals surface area contributed by atoms with Crippen molar-refractivity contribution in [3.05, 3.63) is 29.8 Å². The van der Waals surface area contributed by atoms with E-state index in [1.165, 1.54) is 16.1 Å². The van der Waals surface area contributed by atoms with Crippen molar-refractivity contribution in [3.63, 3.8) is 0 Å². The molecule has 0 aliphatic carbocycles. The molecule has 5 nitrogen and oxygen atoms in total. The molecule has 1 amide bonds. The fourth-order valence-corrected chi connectivity index (χ4v) is 5.99. The Balaban J connectivity index is 1.85. The number of nitrogens with zero attached hydrogens (tertiary/aromatic N) is 2.